The first-order chi connectivity index (χ1) is 35.6. The predicted octanol–water partition coefficient (Wildman–Crippen LogP) is 7.76. The maximum atomic E-state index is 15.0. The van der Waals surface area contributed by atoms with Crippen LogP contribution < -0.4 is 41.3 Å². The summed E-state index contributed by atoms with van der Waals surface area (Å²) >= 11 is 0. The van der Waals surface area contributed by atoms with Gasteiger partial charge in [0.15, 0.2) is 28.5 Å². The van der Waals surface area contributed by atoms with Crippen LogP contribution >= 0.6 is 0 Å². The number of fused-ring (bicyclic) bond motifs is 11. The molecule has 1 fully saturated rings. The lowest BCUT2D eigenvalue weighted by molar-refractivity contribution is 0.156. The van der Waals surface area contributed by atoms with Gasteiger partial charge < -0.3 is 60.6 Å². The van der Waals surface area contributed by atoms with Gasteiger partial charge in [0.2, 0.25) is 5.75 Å². The number of aliphatic imine (C=N–C) groups is 1. The summed E-state index contributed by atoms with van der Waals surface area (Å²) in [6.07, 6.45) is 4.94. The molecule has 0 radical (unpaired) electrons. The molecule has 1 saturated heterocycles. The zero-order valence-corrected chi connectivity index (χ0v) is 40.9. The Morgan fingerprint density at radius 2 is 1.77 bits per heavy atom. The van der Waals surface area contributed by atoms with E-state index in [1.54, 1.807) is 18.2 Å². The van der Waals surface area contributed by atoms with Gasteiger partial charge in [-0.15, -0.1) is 0 Å². The highest BCUT2D eigenvalue weighted by atomic mass is 16.5. The van der Waals surface area contributed by atoms with Crippen LogP contribution in [0.2, 0.25) is 0 Å². The van der Waals surface area contributed by atoms with Crippen LogP contribution in [0.25, 0.3) is 39.5 Å². The topological polar surface area (TPSA) is 214 Å². The zero-order valence-electron chi connectivity index (χ0n) is 40.9. The first-order valence-corrected chi connectivity index (χ1v) is 24.9. The van der Waals surface area contributed by atoms with E-state index in [2.05, 4.69) is 75.4 Å². The van der Waals surface area contributed by atoms with Crippen molar-refractivity contribution >= 4 is 34.5 Å². The number of aliphatic hydroxyl groups excluding tert-OH is 2. The summed E-state index contributed by atoms with van der Waals surface area (Å²) in [6, 6.07) is 33.8. The number of H-pyrrole nitrogens is 1. The number of phenols is 1. The Bertz CT molecular complexity index is 3310. The van der Waals surface area contributed by atoms with Gasteiger partial charge in [0.25, 0.3) is 0 Å². The van der Waals surface area contributed by atoms with E-state index in [4.69, 9.17) is 30.1 Å². The third kappa shape index (κ3) is 10.4. The van der Waals surface area contributed by atoms with Crippen LogP contribution in [0, 0.1) is 17.8 Å². The van der Waals surface area contributed by atoms with Crippen LogP contribution in [-0.4, -0.2) is 84.5 Å². The number of methoxy groups -OCH3 is 1. The van der Waals surface area contributed by atoms with Crippen LogP contribution in [0.3, 0.4) is 0 Å². The standard InChI is InChI=1S/C59H60N6O8/c1-3-43-31-46-40-11-7-10-36(26-40)27-42-17-21-47-49(65(24-23-62-47)58(46)63-43)30-37-12-14-41(48(29-37)64-59(60)61)28-38(33-66)34-72-55-52(42)54-53(50(69)32-51(73-54)39-15-19-44(67)20-16-39)56(57(55)70-2)71-25-22-45(68)18-13-35-8-5-4-6-9-35/h4-16,18-20,26,29,31-32,38,42,45,47,49,62-63,66-68H,3,22-25,27-28,30,33-34H2,1-2H3,(H4,60,61,64)/b18-13+/t38-,42+,45-,47-,49+/m0/s1. The minimum absolute atomic E-state index is 0.0192. The number of ether oxygens (including phenoxy) is 3. The number of anilines is 1. The maximum Gasteiger partial charge on any atom is 0.204 e. The second kappa shape index (κ2) is 21.4. The number of guanidine groups is 1. The molecule has 8 bridgehead atoms. The van der Waals surface area contributed by atoms with Crippen LogP contribution in [-0.2, 0) is 25.7 Å². The fraction of sp³-hybridized carbons (Fsp3) is 0.288. The van der Waals surface area contributed by atoms with Crippen LogP contribution in [0.4, 0.5) is 11.5 Å². The Labute approximate surface area is 424 Å². The van der Waals surface area contributed by atoms with E-state index < -0.39 is 23.4 Å². The average Bonchev–Trinajstić information content (AvgIpc) is 3.83. The number of aromatic nitrogens is 1. The molecule has 14 nitrogen and oxygen atoms in total. The molecule has 0 aliphatic carbocycles. The van der Waals surface area contributed by atoms with E-state index in [0.29, 0.717) is 49.2 Å². The lowest BCUT2D eigenvalue weighted by Gasteiger charge is -2.42. The molecule has 0 saturated carbocycles. The molecule has 4 aliphatic rings. The number of aromatic amines is 1. The van der Waals surface area contributed by atoms with Crippen LogP contribution in [0.15, 0.2) is 129 Å². The lowest BCUT2D eigenvalue weighted by Crippen LogP contribution is -2.58. The predicted molar refractivity (Wildman–Crippen MR) is 286 cm³/mol. The Kier molecular flexibility index (Phi) is 14.3. The van der Waals surface area contributed by atoms with Crippen LogP contribution in [0.5, 0.6) is 23.0 Å². The highest BCUT2D eigenvalue weighted by Crippen LogP contribution is 2.50. The zero-order chi connectivity index (χ0) is 50.6. The number of nitrogens with one attached hydrogen (secondary N) is 2. The van der Waals surface area contributed by atoms with Crippen molar-refractivity contribution in [1.29, 1.82) is 0 Å². The molecular weight excluding hydrogens is 921 g/mol. The Hall–Kier alpha value is -7.96. The van der Waals surface area contributed by atoms with E-state index in [9.17, 15) is 20.1 Å². The van der Waals surface area contributed by atoms with Gasteiger partial charge >= 0.3 is 0 Å². The van der Waals surface area contributed by atoms with Gasteiger partial charge in [-0.25, -0.2) is 4.99 Å². The van der Waals surface area contributed by atoms with Gasteiger partial charge in [0.1, 0.15) is 22.7 Å². The van der Waals surface area contributed by atoms with E-state index in [1.807, 2.05) is 48.5 Å². The average molecular weight is 981 g/mol. The molecule has 73 heavy (non-hydrogen) atoms. The van der Waals surface area contributed by atoms with E-state index in [-0.39, 0.29) is 84.0 Å². The summed E-state index contributed by atoms with van der Waals surface area (Å²) in [7, 11) is 1.49. The number of aliphatic hydroxyl groups is 2. The first kappa shape index (κ1) is 48.7. The molecule has 11 rings (SSSR count). The summed E-state index contributed by atoms with van der Waals surface area (Å²) < 4.78 is 26.9. The number of piperazine rings is 1. The van der Waals surface area contributed by atoms with Gasteiger partial charge in [-0.3, -0.25) is 4.79 Å². The molecule has 5 atom stereocenters. The van der Waals surface area contributed by atoms with Crippen molar-refractivity contribution in [3.63, 3.8) is 0 Å². The molecule has 0 amide bonds. The molecule has 0 unspecified atom stereocenters. The van der Waals surface area contributed by atoms with Crippen molar-refractivity contribution < 1.29 is 33.9 Å². The largest absolute Gasteiger partial charge is 0.508 e. The van der Waals surface area contributed by atoms with Crippen molar-refractivity contribution in [2.75, 3.05) is 44.9 Å². The molecule has 7 aromatic rings. The summed E-state index contributed by atoms with van der Waals surface area (Å²) in [4.78, 5) is 25.8. The van der Waals surface area contributed by atoms with Crippen molar-refractivity contribution in [3.8, 4) is 57.3 Å². The summed E-state index contributed by atoms with van der Waals surface area (Å²) in [5, 5.41) is 36.4. The summed E-state index contributed by atoms with van der Waals surface area (Å²) in [5.41, 5.74) is 20.5. The Balaban J connectivity index is 1.22. The molecule has 5 aromatic carbocycles. The first-order valence-electron chi connectivity index (χ1n) is 24.9. The minimum Gasteiger partial charge on any atom is -0.508 e. The molecule has 374 valence electrons. The second-order valence-corrected chi connectivity index (χ2v) is 18.9. The highest BCUT2D eigenvalue weighted by Gasteiger charge is 2.36. The van der Waals surface area contributed by atoms with Crippen LogP contribution in [0.1, 0.15) is 52.8 Å². The van der Waals surface area contributed by atoms with Gasteiger partial charge in [-0.1, -0.05) is 97.6 Å². The summed E-state index contributed by atoms with van der Waals surface area (Å²) in [5.74, 6) is 7.96. The Morgan fingerprint density at radius 1 is 0.945 bits per heavy atom. The van der Waals surface area contributed by atoms with Crippen molar-refractivity contribution in [1.82, 2.24) is 10.3 Å². The van der Waals surface area contributed by atoms with Crippen molar-refractivity contribution in [2.45, 2.75) is 63.1 Å². The molecule has 2 aromatic heterocycles. The number of rotatable bonds is 11. The smallest absolute Gasteiger partial charge is 0.204 e. The molecule has 14 heteroatoms. The number of nitrogens with two attached hydrogens (primary N) is 2. The molecule has 6 heterocycles. The van der Waals surface area contributed by atoms with E-state index in [1.165, 1.54) is 25.3 Å². The molecule has 4 aliphatic heterocycles. The third-order valence-electron chi connectivity index (χ3n) is 13.9. The van der Waals surface area contributed by atoms with Gasteiger partial charge in [-0.05, 0) is 89.9 Å². The van der Waals surface area contributed by atoms with E-state index in [0.717, 1.165) is 51.3 Å². The molecule has 9 N–H and O–H groups in total. The Morgan fingerprint density at radius 3 is 2.55 bits per heavy atom. The number of phenolic OH excluding ortho intramolecular Hbond substituents is 1. The fourth-order valence-electron chi connectivity index (χ4n) is 10.3. The highest BCUT2D eigenvalue weighted by molar-refractivity contribution is 5.94. The SMILES string of the molecule is CCc1cc2c([nH]1)N1CCN[C@H]3C#C[C@H](Cc4cccc-2c4)c2c(c(OC)c(OCC[C@@H](O)/C=C/c4ccccc4)c4c(=O)cc(-c5ccc(O)cc5)oc24)OC[C@H](CO)Cc2ccc(cc2N=C(N)N)C[C@H]31. The second-order valence-electron chi connectivity index (χ2n) is 18.9. The third-order valence-corrected chi connectivity index (χ3v) is 13.9. The number of hydrogen-bond donors (Lipinski definition) is 7. The molecular formula is C59H60N6O8. The van der Waals surface area contributed by atoms with Gasteiger partial charge in [-0.2, -0.15) is 0 Å². The van der Waals surface area contributed by atoms with Crippen molar-refractivity contribution in [2.24, 2.45) is 22.4 Å². The lowest BCUT2D eigenvalue weighted by atomic mass is 9.86. The number of benzene rings is 5. The fourth-order valence-corrected chi connectivity index (χ4v) is 10.3. The monoisotopic (exact) mass is 980 g/mol. The van der Waals surface area contributed by atoms with E-state index >= 15 is 0 Å². The summed E-state index contributed by atoms with van der Waals surface area (Å²) in [6.45, 7) is 3.20. The van der Waals surface area contributed by atoms with Gasteiger partial charge in [0, 0.05) is 54.9 Å². The quantitative estimate of drug-likeness (QED) is 0.0377. The van der Waals surface area contributed by atoms with Gasteiger partial charge in [0.05, 0.1) is 55.7 Å². The minimum atomic E-state index is -0.883. The number of nitrogens with zero attached hydrogens (tertiary/aromatic N) is 2. The van der Waals surface area contributed by atoms with Crippen molar-refractivity contribution in [3.05, 3.63) is 159 Å². The number of hydrogen-bond acceptors (Lipinski definition) is 11. The normalized spacial score (nSPS) is 18.7. The molecule has 0 spiro atoms. The number of aryl methyl sites for hydroxylation is 1. The maximum absolute atomic E-state index is 15.0. The number of aromatic hydroxyl groups is 1.